The number of anilines is 1. The number of amides is 1. The Bertz CT molecular complexity index is 1160. The molecule has 0 radical (unpaired) electrons. The zero-order valence-electron chi connectivity index (χ0n) is 18.2. The Morgan fingerprint density at radius 3 is 2.31 bits per heavy atom. The molecule has 3 aromatic carbocycles. The molecule has 0 aromatic heterocycles. The van der Waals surface area contributed by atoms with Crippen molar-refractivity contribution in [2.75, 3.05) is 12.4 Å². The summed E-state index contributed by atoms with van der Waals surface area (Å²) < 4.78 is 38.6. The van der Waals surface area contributed by atoms with Gasteiger partial charge in [0.15, 0.2) is 0 Å². The van der Waals surface area contributed by atoms with Crippen LogP contribution in [0.3, 0.4) is 0 Å². The molecule has 0 heterocycles. The summed E-state index contributed by atoms with van der Waals surface area (Å²) in [5.74, 6) is 0.776. The van der Waals surface area contributed by atoms with E-state index in [0.717, 1.165) is 5.56 Å². The van der Waals surface area contributed by atoms with Gasteiger partial charge in [-0.3, -0.25) is 4.79 Å². The van der Waals surface area contributed by atoms with Gasteiger partial charge in [-0.25, -0.2) is 8.42 Å². The van der Waals surface area contributed by atoms with Crippen molar-refractivity contribution >= 4 is 21.6 Å². The van der Waals surface area contributed by atoms with Gasteiger partial charge in [-0.1, -0.05) is 30.3 Å². The second-order valence-electron chi connectivity index (χ2n) is 7.26. The lowest BCUT2D eigenvalue weighted by Crippen LogP contribution is -2.41. The van der Waals surface area contributed by atoms with Gasteiger partial charge in [-0.2, -0.15) is 4.72 Å². The van der Waals surface area contributed by atoms with E-state index in [1.165, 1.54) is 26.2 Å². The van der Waals surface area contributed by atoms with Crippen LogP contribution in [0.25, 0.3) is 0 Å². The highest BCUT2D eigenvalue weighted by Gasteiger charge is 2.22. The smallest absolute Gasteiger partial charge is 0.242 e. The van der Waals surface area contributed by atoms with Crippen molar-refractivity contribution < 1.29 is 22.7 Å². The highest BCUT2D eigenvalue weighted by Crippen LogP contribution is 2.22. The SMILES string of the molecule is COc1ccc(S(=O)(=O)N[C@H](C)C(=O)Nc2ccc(OCc3ccccc3)cc2)cc1C. The first-order valence-corrected chi connectivity index (χ1v) is 11.5. The van der Waals surface area contributed by atoms with Crippen LogP contribution < -0.4 is 19.5 Å². The van der Waals surface area contributed by atoms with Crippen LogP contribution in [-0.2, 0) is 21.4 Å². The maximum atomic E-state index is 12.6. The summed E-state index contributed by atoms with van der Waals surface area (Å²) in [7, 11) is -2.35. The van der Waals surface area contributed by atoms with Crippen LogP contribution in [-0.4, -0.2) is 27.5 Å². The van der Waals surface area contributed by atoms with E-state index in [2.05, 4.69) is 10.0 Å². The topological polar surface area (TPSA) is 93.7 Å². The molecule has 32 heavy (non-hydrogen) atoms. The zero-order valence-corrected chi connectivity index (χ0v) is 19.0. The van der Waals surface area contributed by atoms with E-state index in [1.807, 2.05) is 30.3 Å². The number of carbonyl (C=O) groups is 1. The Labute approximate surface area is 188 Å². The van der Waals surface area contributed by atoms with Gasteiger partial charge in [0.25, 0.3) is 0 Å². The third kappa shape index (κ3) is 6.09. The van der Waals surface area contributed by atoms with Gasteiger partial charge in [0.2, 0.25) is 15.9 Å². The number of ether oxygens (including phenoxy) is 2. The molecule has 0 aliphatic rings. The minimum atomic E-state index is -3.87. The van der Waals surface area contributed by atoms with Gasteiger partial charge in [-0.05, 0) is 67.4 Å². The molecular formula is C24H26N2O5S. The van der Waals surface area contributed by atoms with Crippen LogP contribution >= 0.6 is 0 Å². The molecule has 0 aliphatic carbocycles. The molecule has 3 rings (SSSR count). The summed E-state index contributed by atoms with van der Waals surface area (Å²) in [4.78, 5) is 12.6. The van der Waals surface area contributed by atoms with E-state index >= 15 is 0 Å². The van der Waals surface area contributed by atoms with Gasteiger partial charge < -0.3 is 14.8 Å². The lowest BCUT2D eigenvalue weighted by Gasteiger charge is -2.15. The summed E-state index contributed by atoms with van der Waals surface area (Å²) in [5, 5.41) is 2.70. The molecule has 0 saturated carbocycles. The predicted molar refractivity (Wildman–Crippen MR) is 123 cm³/mol. The van der Waals surface area contributed by atoms with Crippen molar-refractivity contribution in [1.82, 2.24) is 4.72 Å². The lowest BCUT2D eigenvalue weighted by atomic mass is 10.2. The maximum Gasteiger partial charge on any atom is 0.242 e. The average Bonchev–Trinajstić information content (AvgIpc) is 2.79. The fraction of sp³-hybridized carbons (Fsp3) is 0.208. The van der Waals surface area contributed by atoms with Crippen molar-refractivity contribution in [1.29, 1.82) is 0 Å². The molecule has 0 fully saturated rings. The Hall–Kier alpha value is -3.36. The predicted octanol–water partition coefficient (Wildman–Crippen LogP) is 3.89. The minimum absolute atomic E-state index is 0.0652. The third-order valence-electron chi connectivity index (χ3n) is 4.77. The van der Waals surface area contributed by atoms with Crippen molar-refractivity contribution in [2.24, 2.45) is 0 Å². The van der Waals surface area contributed by atoms with E-state index in [9.17, 15) is 13.2 Å². The highest BCUT2D eigenvalue weighted by atomic mass is 32.2. The van der Waals surface area contributed by atoms with Crippen LogP contribution in [0.2, 0.25) is 0 Å². The van der Waals surface area contributed by atoms with E-state index in [4.69, 9.17) is 9.47 Å². The fourth-order valence-corrected chi connectivity index (χ4v) is 4.29. The number of hydrogen-bond acceptors (Lipinski definition) is 5. The van der Waals surface area contributed by atoms with Gasteiger partial charge in [-0.15, -0.1) is 0 Å². The largest absolute Gasteiger partial charge is 0.496 e. The van der Waals surface area contributed by atoms with E-state index in [1.54, 1.807) is 37.3 Å². The second kappa shape index (κ2) is 10.3. The molecule has 0 bridgehead atoms. The first kappa shape index (κ1) is 23.3. The molecule has 168 valence electrons. The highest BCUT2D eigenvalue weighted by molar-refractivity contribution is 7.89. The second-order valence-corrected chi connectivity index (χ2v) is 8.98. The quantitative estimate of drug-likeness (QED) is 0.512. The average molecular weight is 455 g/mol. The Morgan fingerprint density at radius 2 is 1.69 bits per heavy atom. The summed E-state index contributed by atoms with van der Waals surface area (Å²) in [6.45, 7) is 3.68. The van der Waals surface area contributed by atoms with Crippen LogP contribution in [0.5, 0.6) is 11.5 Å². The molecule has 1 amide bonds. The number of sulfonamides is 1. The fourth-order valence-electron chi connectivity index (χ4n) is 3.00. The number of carbonyl (C=O) groups excluding carboxylic acids is 1. The number of hydrogen-bond donors (Lipinski definition) is 2. The van der Waals surface area contributed by atoms with Gasteiger partial charge >= 0.3 is 0 Å². The molecule has 3 aromatic rings. The monoisotopic (exact) mass is 454 g/mol. The third-order valence-corrected chi connectivity index (χ3v) is 6.31. The number of benzene rings is 3. The van der Waals surface area contributed by atoms with E-state index in [0.29, 0.717) is 29.4 Å². The first-order valence-electron chi connectivity index (χ1n) is 10.0. The number of rotatable bonds is 9. The lowest BCUT2D eigenvalue weighted by molar-refractivity contribution is -0.117. The molecule has 0 aliphatic heterocycles. The van der Waals surface area contributed by atoms with Crippen molar-refractivity contribution in [3.05, 3.63) is 83.9 Å². The maximum absolute atomic E-state index is 12.6. The summed E-state index contributed by atoms with van der Waals surface area (Å²) >= 11 is 0. The number of methoxy groups -OCH3 is 1. The molecule has 0 spiro atoms. The van der Waals surface area contributed by atoms with Crippen LogP contribution in [0.15, 0.2) is 77.7 Å². The Kier molecular flexibility index (Phi) is 7.50. The standard InChI is InChI=1S/C24H26N2O5S/c1-17-15-22(13-14-23(17)30-3)32(28,29)26-18(2)24(27)25-20-9-11-21(12-10-20)31-16-19-7-5-4-6-8-19/h4-15,18,26H,16H2,1-3H3,(H,25,27)/t18-/m1/s1. The molecule has 0 unspecified atom stereocenters. The summed E-state index contributed by atoms with van der Waals surface area (Å²) in [6.07, 6.45) is 0. The van der Waals surface area contributed by atoms with Gasteiger partial charge in [0, 0.05) is 5.69 Å². The number of aryl methyl sites for hydroxylation is 1. The minimum Gasteiger partial charge on any atom is -0.496 e. The summed E-state index contributed by atoms with van der Waals surface area (Å²) in [5.41, 5.74) is 2.27. The zero-order chi connectivity index (χ0) is 23.1. The van der Waals surface area contributed by atoms with Crippen LogP contribution in [0, 0.1) is 6.92 Å². The normalized spacial score (nSPS) is 12.1. The Morgan fingerprint density at radius 1 is 1.00 bits per heavy atom. The Balaban J connectivity index is 1.57. The van der Waals surface area contributed by atoms with E-state index in [-0.39, 0.29) is 4.90 Å². The van der Waals surface area contributed by atoms with Crippen molar-refractivity contribution in [3.8, 4) is 11.5 Å². The van der Waals surface area contributed by atoms with E-state index < -0.39 is 22.0 Å². The number of nitrogens with one attached hydrogen (secondary N) is 2. The van der Waals surface area contributed by atoms with Crippen molar-refractivity contribution in [3.63, 3.8) is 0 Å². The van der Waals surface area contributed by atoms with Crippen molar-refractivity contribution in [2.45, 2.75) is 31.4 Å². The van der Waals surface area contributed by atoms with Crippen LogP contribution in [0.1, 0.15) is 18.1 Å². The molecule has 7 nitrogen and oxygen atoms in total. The summed E-state index contributed by atoms with van der Waals surface area (Å²) in [6, 6.07) is 20.2. The van der Waals surface area contributed by atoms with Gasteiger partial charge in [0.1, 0.15) is 18.1 Å². The first-order chi connectivity index (χ1) is 15.3. The molecule has 1 atom stereocenters. The van der Waals surface area contributed by atoms with Gasteiger partial charge in [0.05, 0.1) is 18.0 Å². The molecule has 2 N–H and O–H groups in total. The molecule has 8 heteroatoms. The molecular weight excluding hydrogens is 428 g/mol. The molecule has 0 saturated heterocycles. The van der Waals surface area contributed by atoms with Crippen LogP contribution in [0.4, 0.5) is 5.69 Å².